The van der Waals surface area contributed by atoms with Gasteiger partial charge in [0.1, 0.15) is 11.5 Å². The van der Waals surface area contributed by atoms with Crippen molar-refractivity contribution >= 4 is 0 Å². The van der Waals surface area contributed by atoms with E-state index in [0.717, 1.165) is 11.5 Å². The van der Waals surface area contributed by atoms with Crippen LogP contribution >= 0.6 is 0 Å². The molecule has 0 unspecified atom stereocenters. The molecule has 2 rings (SSSR count). The van der Waals surface area contributed by atoms with E-state index >= 15 is 0 Å². The van der Waals surface area contributed by atoms with E-state index in [4.69, 9.17) is 9.47 Å². The lowest BCUT2D eigenvalue weighted by molar-refractivity contribution is 0.407. The van der Waals surface area contributed by atoms with Gasteiger partial charge in [0.2, 0.25) is 0 Å². The summed E-state index contributed by atoms with van der Waals surface area (Å²) in [6, 6.07) is 8.89. The molecule has 0 aliphatic rings. The van der Waals surface area contributed by atoms with Crippen LogP contribution < -0.4 is 9.47 Å². The summed E-state index contributed by atoms with van der Waals surface area (Å²) in [5.41, 5.74) is 7.53. The molecule has 130 valence electrons. The molecule has 2 nitrogen and oxygen atoms in total. The second-order valence-electron chi connectivity index (χ2n) is 7.13. The lowest BCUT2D eigenvalue weighted by atomic mass is 9.88. The summed E-state index contributed by atoms with van der Waals surface area (Å²) in [6.45, 7) is 13.1. The maximum atomic E-state index is 5.59. The molecule has 2 heteroatoms. The molecule has 0 fully saturated rings. The summed E-state index contributed by atoms with van der Waals surface area (Å²) in [5, 5.41) is 0. The molecule has 0 radical (unpaired) electrons. The first-order valence-electron chi connectivity index (χ1n) is 8.67. The van der Waals surface area contributed by atoms with Gasteiger partial charge in [-0.2, -0.15) is 0 Å². The van der Waals surface area contributed by atoms with Crippen LogP contribution in [0.5, 0.6) is 11.5 Å². The molecule has 0 saturated heterocycles. The minimum absolute atomic E-state index is 0.419. The number of benzene rings is 2. The molecule has 0 saturated carbocycles. The van der Waals surface area contributed by atoms with Crippen molar-refractivity contribution in [1.29, 1.82) is 0 Å². The zero-order valence-electron chi connectivity index (χ0n) is 16.3. The van der Waals surface area contributed by atoms with Crippen LogP contribution in [0.1, 0.15) is 61.8 Å². The number of methoxy groups -OCH3 is 2. The van der Waals surface area contributed by atoms with Crippen molar-refractivity contribution in [3.8, 4) is 22.6 Å². The van der Waals surface area contributed by atoms with E-state index in [1.165, 1.54) is 33.4 Å². The summed E-state index contributed by atoms with van der Waals surface area (Å²) >= 11 is 0. The van der Waals surface area contributed by atoms with Crippen molar-refractivity contribution in [3.63, 3.8) is 0 Å². The average molecular weight is 326 g/mol. The highest BCUT2D eigenvalue weighted by molar-refractivity contribution is 5.74. The second kappa shape index (κ2) is 7.29. The van der Waals surface area contributed by atoms with Crippen molar-refractivity contribution in [1.82, 2.24) is 0 Å². The first-order chi connectivity index (χ1) is 11.3. The van der Waals surface area contributed by atoms with Gasteiger partial charge < -0.3 is 9.47 Å². The molecule has 0 bridgehead atoms. The topological polar surface area (TPSA) is 18.5 Å². The van der Waals surface area contributed by atoms with E-state index in [-0.39, 0.29) is 0 Å². The van der Waals surface area contributed by atoms with Gasteiger partial charge in [0, 0.05) is 0 Å². The largest absolute Gasteiger partial charge is 0.496 e. The molecule has 2 aromatic rings. The van der Waals surface area contributed by atoms with Crippen LogP contribution in [0.2, 0.25) is 0 Å². The fraction of sp³-hybridized carbons (Fsp3) is 0.455. The highest BCUT2D eigenvalue weighted by Gasteiger charge is 2.17. The van der Waals surface area contributed by atoms with Crippen molar-refractivity contribution < 1.29 is 9.47 Å². The van der Waals surface area contributed by atoms with E-state index in [2.05, 4.69) is 65.8 Å². The Bertz CT molecular complexity index is 664. The normalized spacial score (nSPS) is 11.2. The molecule has 0 aliphatic carbocycles. The van der Waals surface area contributed by atoms with Gasteiger partial charge in [0.15, 0.2) is 0 Å². The highest BCUT2D eigenvalue weighted by atomic mass is 16.5. The second-order valence-corrected chi connectivity index (χ2v) is 7.13. The fourth-order valence-corrected chi connectivity index (χ4v) is 3.23. The number of hydrogen-bond acceptors (Lipinski definition) is 2. The van der Waals surface area contributed by atoms with Crippen LogP contribution in [-0.2, 0) is 0 Å². The molecule has 24 heavy (non-hydrogen) atoms. The number of hydrogen-bond donors (Lipinski definition) is 0. The van der Waals surface area contributed by atoms with E-state index in [9.17, 15) is 0 Å². The van der Waals surface area contributed by atoms with E-state index in [1.54, 1.807) is 14.2 Å². The van der Waals surface area contributed by atoms with Gasteiger partial charge in [-0.3, -0.25) is 0 Å². The van der Waals surface area contributed by atoms with Gasteiger partial charge in [-0.1, -0.05) is 27.7 Å². The minimum atomic E-state index is 0.419. The number of rotatable bonds is 5. The Balaban J connectivity index is 2.72. The van der Waals surface area contributed by atoms with Gasteiger partial charge in [0.05, 0.1) is 14.2 Å². The van der Waals surface area contributed by atoms with E-state index in [1.807, 2.05) is 0 Å². The predicted molar refractivity (Wildman–Crippen MR) is 103 cm³/mol. The Morgan fingerprint density at radius 3 is 1.21 bits per heavy atom. The monoisotopic (exact) mass is 326 g/mol. The molecule has 0 amide bonds. The molecule has 0 N–H and O–H groups in total. The first-order valence-corrected chi connectivity index (χ1v) is 8.67. The summed E-state index contributed by atoms with van der Waals surface area (Å²) in [7, 11) is 3.49. The van der Waals surface area contributed by atoms with Crippen LogP contribution in [0, 0.1) is 13.8 Å². The maximum absolute atomic E-state index is 5.59. The van der Waals surface area contributed by atoms with Crippen LogP contribution in [0.4, 0.5) is 0 Å². The summed E-state index contributed by atoms with van der Waals surface area (Å²) in [4.78, 5) is 0. The Morgan fingerprint density at radius 1 is 0.625 bits per heavy atom. The molecule has 0 spiro atoms. The van der Waals surface area contributed by atoms with Gasteiger partial charge in [-0.15, -0.1) is 0 Å². The third-order valence-electron chi connectivity index (χ3n) is 4.69. The third kappa shape index (κ3) is 3.43. The van der Waals surface area contributed by atoms with Crippen molar-refractivity contribution in [3.05, 3.63) is 46.5 Å². The molecule has 0 aliphatic heterocycles. The molecule has 0 atom stereocenters. The van der Waals surface area contributed by atoms with Gasteiger partial charge in [-0.05, 0) is 83.3 Å². The van der Waals surface area contributed by atoms with Crippen LogP contribution in [0.15, 0.2) is 24.3 Å². The summed E-state index contributed by atoms with van der Waals surface area (Å²) < 4.78 is 11.2. The lowest BCUT2D eigenvalue weighted by Gasteiger charge is -2.20. The van der Waals surface area contributed by atoms with Crippen molar-refractivity contribution in [2.24, 2.45) is 0 Å². The lowest BCUT2D eigenvalue weighted by Crippen LogP contribution is -2.00. The third-order valence-corrected chi connectivity index (χ3v) is 4.69. The Hall–Kier alpha value is -1.96. The Morgan fingerprint density at radius 2 is 0.958 bits per heavy atom. The van der Waals surface area contributed by atoms with Gasteiger partial charge in [-0.25, -0.2) is 0 Å². The standard InChI is InChI=1S/C22H30O2/c1-13(2)17-11-19(15(5)9-21(17)23-7)20-12-18(14(3)4)22(24-8)10-16(20)6/h9-14H,1-8H3. The Kier molecular flexibility index (Phi) is 5.58. The number of aryl methyl sites for hydroxylation is 2. The minimum Gasteiger partial charge on any atom is -0.496 e. The zero-order valence-corrected chi connectivity index (χ0v) is 16.3. The molecular weight excluding hydrogens is 296 g/mol. The fourth-order valence-electron chi connectivity index (χ4n) is 3.23. The number of ether oxygens (including phenoxy) is 2. The van der Waals surface area contributed by atoms with Crippen molar-refractivity contribution in [2.45, 2.75) is 53.4 Å². The summed E-state index contributed by atoms with van der Waals surface area (Å²) in [6.07, 6.45) is 0. The van der Waals surface area contributed by atoms with Gasteiger partial charge >= 0.3 is 0 Å². The Labute approximate surface area is 146 Å². The first kappa shape index (κ1) is 18.4. The molecule has 2 aromatic carbocycles. The maximum Gasteiger partial charge on any atom is 0.122 e. The quantitative estimate of drug-likeness (QED) is 0.648. The van der Waals surface area contributed by atoms with Crippen LogP contribution in [0.25, 0.3) is 11.1 Å². The highest BCUT2D eigenvalue weighted by Crippen LogP contribution is 2.39. The van der Waals surface area contributed by atoms with Crippen molar-refractivity contribution in [2.75, 3.05) is 14.2 Å². The molecule has 0 heterocycles. The smallest absolute Gasteiger partial charge is 0.122 e. The van der Waals surface area contributed by atoms with Crippen LogP contribution in [-0.4, -0.2) is 14.2 Å². The zero-order chi connectivity index (χ0) is 18.0. The summed E-state index contributed by atoms with van der Waals surface area (Å²) in [5.74, 6) is 2.79. The molecule has 0 aromatic heterocycles. The average Bonchev–Trinajstić information content (AvgIpc) is 2.53. The van der Waals surface area contributed by atoms with Gasteiger partial charge in [0.25, 0.3) is 0 Å². The van der Waals surface area contributed by atoms with E-state index in [0.29, 0.717) is 11.8 Å². The molecular formula is C22H30O2. The van der Waals surface area contributed by atoms with Crippen LogP contribution in [0.3, 0.4) is 0 Å². The predicted octanol–water partition coefficient (Wildman–Crippen LogP) is 6.23. The SMILES string of the molecule is COc1cc(C)c(-c2cc(C(C)C)c(OC)cc2C)cc1C(C)C. The van der Waals surface area contributed by atoms with E-state index < -0.39 is 0 Å².